The average Bonchev–Trinajstić information content (AvgIpc) is 2.59. The number of carbonyl (C=O) groups excluding carboxylic acids is 1. The second-order valence-electron chi connectivity index (χ2n) is 4.66. The zero-order valence-electron chi connectivity index (χ0n) is 10.8. The van der Waals surface area contributed by atoms with E-state index >= 15 is 0 Å². The molecule has 0 radical (unpaired) electrons. The Hall–Kier alpha value is -1.55. The first-order valence-electron chi connectivity index (χ1n) is 6.39. The molecule has 0 fully saturated rings. The maximum absolute atomic E-state index is 12.0. The molecule has 0 unspecified atom stereocenters. The minimum absolute atomic E-state index is 0. The van der Waals surface area contributed by atoms with Crippen molar-refractivity contribution in [2.45, 2.75) is 6.42 Å². The Balaban J connectivity index is 0.00000147. The number of hydrogen-bond donors (Lipinski definition) is 0. The van der Waals surface area contributed by atoms with Crippen molar-refractivity contribution in [3.05, 3.63) is 71.8 Å². The fraction of sp³-hybridized carbons (Fsp3) is 0.118. The van der Waals surface area contributed by atoms with Gasteiger partial charge in [0.1, 0.15) is 0 Å². The molecule has 0 spiro atoms. The van der Waals surface area contributed by atoms with Crippen molar-refractivity contribution in [2.75, 3.05) is 11.9 Å². The third-order valence-corrected chi connectivity index (χ3v) is 3.50. The summed E-state index contributed by atoms with van der Waals surface area (Å²) in [6.45, 7) is 0. The van der Waals surface area contributed by atoms with Crippen LogP contribution in [0.5, 0.6) is 0 Å². The number of para-hydroxylation sites is 1. The number of nitrogens with zero attached hydrogens (tertiary/aromatic N) is 1. The van der Waals surface area contributed by atoms with Crippen LogP contribution in [0.25, 0.3) is 5.57 Å². The number of hydrogen-bond acceptors (Lipinski definition) is 1. The summed E-state index contributed by atoms with van der Waals surface area (Å²) in [5.74, 6) is 0.124. The summed E-state index contributed by atoms with van der Waals surface area (Å²) in [7, 11) is 1.84. The summed E-state index contributed by atoms with van der Waals surface area (Å²) < 4.78 is 0. The predicted molar refractivity (Wildman–Crippen MR) is 89.3 cm³/mol. The standard InChI is InChI=1S/C17H15NO.Sn.4H/c1-18-16-10-6-5-9-15(16)14(11-12-17(18)19)13-7-3-2-4-8-13;;;;;/h2-11H,12H2,1H3;;;;;. The van der Waals surface area contributed by atoms with E-state index in [1.54, 1.807) is 4.90 Å². The Bertz CT molecular complexity index is 649. The number of benzene rings is 2. The van der Waals surface area contributed by atoms with Crippen molar-refractivity contribution in [2.24, 2.45) is 0 Å². The molecule has 1 heterocycles. The molecule has 1 aliphatic rings. The van der Waals surface area contributed by atoms with Gasteiger partial charge in [0, 0.05) is 19.0 Å². The fourth-order valence-electron chi connectivity index (χ4n) is 2.46. The summed E-state index contributed by atoms with van der Waals surface area (Å²) in [5, 5.41) is 0. The van der Waals surface area contributed by atoms with Crippen molar-refractivity contribution in [1.82, 2.24) is 0 Å². The second-order valence-corrected chi connectivity index (χ2v) is 4.66. The van der Waals surface area contributed by atoms with Gasteiger partial charge in [0.05, 0.1) is 5.69 Å². The molecule has 102 valence electrons. The van der Waals surface area contributed by atoms with Crippen LogP contribution in [0.1, 0.15) is 17.5 Å². The van der Waals surface area contributed by atoms with Crippen molar-refractivity contribution in [3.63, 3.8) is 0 Å². The Morgan fingerprint density at radius 1 is 0.950 bits per heavy atom. The SMILES string of the molecule is CN1C(=O)CC=C(c2ccccc2)c2ccccc21.[SnH4]. The van der Waals surface area contributed by atoms with E-state index in [9.17, 15) is 4.79 Å². The van der Waals surface area contributed by atoms with Crippen molar-refractivity contribution in [1.29, 1.82) is 0 Å². The van der Waals surface area contributed by atoms with Crippen LogP contribution >= 0.6 is 0 Å². The first-order valence-corrected chi connectivity index (χ1v) is 6.39. The molecule has 2 aromatic carbocycles. The van der Waals surface area contributed by atoms with Gasteiger partial charge in [-0.3, -0.25) is 4.79 Å². The van der Waals surface area contributed by atoms with Gasteiger partial charge in [-0.05, 0) is 17.2 Å². The third-order valence-electron chi connectivity index (χ3n) is 3.50. The quantitative estimate of drug-likeness (QED) is 0.702. The molecule has 0 atom stereocenters. The first kappa shape index (κ1) is 14.8. The molecule has 0 N–H and O–H groups in total. The van der Waals surface area contributed by atoms with Gasteiger partial charge < -0.3 is 4.90 Å². The molecular weight excluding hydrogens is 353 g/mol. The zero-order chi connectivity index (χ0) is 13.2. The van der Waals surface area contributed by atoms with Gasteiger partial charge >= 0.3 is 23.9 Å². The second kappa shape index (κ2) is 6.27. The van der Waals surface area contributed by atoms with E-state index in [0.29, 0.717) is 6.42 Å². The van der Waals surface area contributed by atoms with E-state index in [1.165, 1.54) is 0 Å². The fourth-order valence-corrected chi connectivity index (χ4v) is 2.46. The monoisotopic (exact) mass is 373 g/mol. The van der Waals surface area contributed by atoms with Crippen LogP contribution in [0.15, 0.2) is 60.7 Å². The summed E-state index contributed by atoms with van der Waals surface area (Å²) in [6.07, 6.45) is 2.47. The molecule has 0 aromatic heterocycles. The zero-order valence-corrected chi connectivity index (χ0v) is 10.8. The molecule has 2 nitrogen and oxygen atoms in total. The molecule has 0 saturated carbocycles. The molecular formula is C17H19NOSn. The van der Waals surface area contributed by atoms with Crippen LogP contribution in [-0.4, -0.2) is 36.9 Å². The van der Waals surface area contributed by atoms with Crippen molar-refractivity contribution < 1.29 is 4.79 Å². The normalized spacial score (nSPS) is 13.9. The van der Waals surface area contributed by atoms with Gasteiger partial charge in [-0.2, -0.15) is 0 Å². The average molecular weight is 372 g/mol. The Kier molecular flexibility index (Phi) is 4.65. The van der Waals surface area contributed by atoms with Gasteiger partial charge in [0.25, 0.3) is 0 Å². The van der Waals surface area contributed by atoms with Crippen LogP contribution in [0.4, 0.5) is 5.69 Å². The van der Waals surface area contributed by atoms with E-state index in [-0.39, 0.29) is 29.8 Å². The van der Waals surface area contributed by atoms with Crippen LogP contribution in [0, 0.1) is 0 Å². The van der Waals surface area contributed by atoms with Gasteiger partial charge in [0.15, 0.2) is 0 Å². The van der Waals surface area contributed by atoms with Crippen LogP contribution < -0.4 is 4.90 Å². The van der Waals surface area contributed by atoms with E-state index in [1.807, 2.05) is 49.5 Å². The molecule has 1 aliphatic heterocycles. The Morgan fingerprint density at radius 2 is 1.60 bits per heavy atom. The Morgan fingerprint density at radius 3 is 2.35 bits per heavy atom. The number of carbonyl (C=O) groups is 1. The number of fused-ring (bicyclic) bond motifs is 1. The minimum atomic E-state index is 0. The van der Waals surface area contributed by atoms with Crippen LogP contribution in [0.3, 0.4) is 0 Å². The van der Waals surface area contributed by atoms with Gasteiger partial charge in [-0.25, -0.2) is 0 Å². The molecule has 3 rings (SSSR count). The molecule has 1 amide bonds. The summed E-state index contributed by atoms with van der Waals surface area (Å²) >= 11 is 0. The Labute approximate surface area is 136 Å². The molecule has 20 heavy (non-hydrogen) atoms. The van der Waals surface area contributed by atoms with Gasteiger partial charge in [0.2, 0.25) is 5.91 Å². The predicted octanol–water partition coefficient (Wildman–Crippen LogP) is 2.03. The summed E-state index contributed by atoms with van der Waals surface area (Å²) in [4.78, 5) is 13.8. The number of anilines is 1. The summed E-state index contributed by atoms with van der Waals surface area (Å²) in [6, 6.07) is 18.3. The van der Waals surface area contributed by atoms with Crippen molar-refractivity contribution >= 4 is 41.1 Å². The molecule has 0 saturated heterocycles. The molecule has 2 aromatic rings. The summed E-state index contributed by atoms with van der Waals surface area (Å²) in [5.41, 5.74) is 4.37. The third kappa shape index (κ3) is 2.66. The van der Waals surface area contributed by atoms with Gasteiger partial charge in [-0.1, -0.05) is 54.6 Å². The van der Waals surface area contributed by atoms with Crippen molar-refractivity contribution in [3.8, 4) is 0 Å². The van der Waals surface area contributed by atoms with E-state index < -0.39 is 0 Å². The van der Waals surface area contributed by atoms with Gasteiger partial charge in [-0.15, -0.1) is 0 Å². The van der Waals surface area contributed by atoms with E-state index in [0.717, 1.165) is 22.4 Å². The molecule has 0 bridgehead atoms. The van der Waals surface area contributed by atoms with E-state index in [4.69, 9.17) is 0 Å². The maximum atomic E-state index is 12.0. The number of rotatable bonds is 1. The molecule has 0 aliphatic carbocycles. The van der Waals surface area contributed by atoms with Crippen LogP contribution in [0.2, 0.25) is 0 Å². The first-order chi connectivity index (χ1) is 9.27. The van der Waals surface area contributed by atoms with Crippen LogP contribution in [-0.2, 0) is 4.79 Å². The molecule has 3 heteroatoms. The van der Waals surface area contributed by atoms with E-state index in [2.05, 4.69) is 18.2 Å². The topological polar surface area (TPSA) is 20.3 Å². The number of amides is 1.